The fraction of sp³-hybridized carbons (Fsp3) is 0.462. The summed E-state index contributed by atoms with van der Waals surface area (Å²) < 4.78 is 31.4. The molecule has 18 heavy (non-hydrogen) atoms. The van der Waals surface area contributed by atoms with Crippen LogP contribution in [-0.2, 0) is 0 Å². The van der Waals surface area contributed by atoms with Crippen molar-refractivity contribution in [2.24, 2.45) is 5.92 Å². The van der Waals surface area contributed by atoms with Gasteiger partial charge < -0.3 is 10.1 Å². The Morgan fingerprint density at radius 1 is 1.22 bits per heavy atom. The maximum Gasteiger partial charge on any atom is 0.251 e. The summed E-state index contributed by atoms with van der Waals surface area (Å²) in [5, 5.41) is 2.67. The topological polar surface area (TPSA) is 38.3 Å². The van der Waals surface area contributed by atoms with E-state index in [1.54, 1.807) is 0 Å². The summed E-state index contributed by atoms with van der Waals surface area (Å²) in [5.74, 6) is -2.53. The van der Waals surface area contributed by atoms with Crippen LogP contribution in [0.1, 0.15) is 31.1 Å². The smallest absolute Gasteiger partial charge is 0.251 e. The molecule has 0 aliphatic rings. The first-order chi connectivity index (χ1) is 8.36. The second-order valence-electron chi connectivity index (χ2n) is 4.48. The number of carbonyl (C=O) groups excluding carboxylic acids is 1. The zero-order valence-electron chi connectivity index (χ0n) is 10.9. The zero-order chi connectivity index (χ0) is 13.9. The molecule has 1 rings (SSSR count). The van der Waals surface area contributed by atoms with Crippen molar-refractivity contribution in [2.75, 3.05) is 7.11 Å². The molecule has 1 aromatic rings. The highest BCUT2D eigenvalue weighted by atomic mass is 19.1. The summed E-state index contributed by atoms with van der Waals surface area (Å²) in [4.78, 5) is 11.8. The quantitative estimate of drug-likeness (QED) is 0.900. The monoisotopic (exact) mass is 257 g/mol. The number of ether oxygens (including phenoxy) is 1. The van der Waals surface area contributed by atoms with Crippen molar-refractivity contribution in [3.63, 3.8) is 0 Å². The van der Waals surface area contributed by atoms with Crippen LogP contribution in [-0.4, -0.2) is 19.1 Å². The molecule has 0 saturated carbocycles. The minimum atomic E-state index is -0.889. The highest BCUT2D eigenvalue weighted by Crippen LogP contribution is 2.22. The highest BCUT2D eigenvalue weighted by molar-refractivity contribution is 5.94. The van der Waals surface area contributed by atoms with Crippen molar-refractivity contribution in [3.8, 4) is 5.75 Å². The lowest BCUT2D eigenvalue weighted by Gasteiger charge is -2.17. The maximum atomic E-state index is 13.4. The van der Waals surface area contributed by atoms with E-state index in [-0.39, 0.29) is 17.5 Å². The number of rotatable bonds is 4. The van der Waals surface area contributed by atoms with E-state index in [4.69, 9.17) is 0 Å². The van der Waals surface area contributed by atoms with Crippen LogP contribution >= 0.6 is 0 Å². The third-order valence-electron chi connectivity index (χ3n) is 2.82. The second-order valence-corrected chi connectivity index (χ2v) is 4.48. The fourth-order valence-corrected chi connectivity index (χ4v) is 1.34. The molecule has 0 heterocycles. The third kappa shape index (κ3) is 3.18. The predicted molar refractivity (Wildman–Crippen MR) is 64.7 cm³/mol. The first kappa shape index (κ1) is 14.4. The lowest BCUT2D eigenvalue weighted by atomic mass is 10.1. The van der Waals surface area contributed by atoms with Crippen LogP contribution in [0.5, 0.6) is 5.75 Å². The van der Waals surface area contributed by atoms with Gasteiger partial charge in [0.2, 0.25) is 0 Å². The Labute approximate surface area is 105 Å². The number of halogens is 2. The molecule has 0 spiro atoms. The van der Waals surface area contributed by atoms with Crippen LogP contribution in [0.4, 0.5) is 8.78 Å². The summed E-state index contributed by atoms with van der Waals surface area (Å²) in [5.41, 5.74) is -0.0571. The average Bonchev–Trinajstić information content (AvgIpc) is 2.28. The average molecular weight is 257 g/mol. The largest absolute Gasteiger partial charge is 0.491 e. The first-order valence-corrected chi connectivity index (χ1v) is 5.70. The van der Waals surface area contributed by atoms with Gasteiger partial charge >= 0.3 is 0 Å². The predicted octanol–water partition coefficient (Wildman–Crippen LogP) is 2.75. The molecule has 100 valence electrons. The van der Waals surface area contributed by atoms with Gasteiger partial charge in [-0.2, -0.15) is 0 Å². The van der Waals surface area contributed by atoms with Crippen molar-refractivity contribution in [1.82, 2.24) is 5.32 Å². The van der Waals surface area contributed by atoms with Crippen molar-refractivity contribution >= 4 is 5.91 Å². The molecule has 0 radical (unpaired) electrons. The number of methoxy groups -OCH3 is 1. The lowest BCUT2D eigenvalue weighted by Crippen LogP contribution is -2.36. The Kier molecular flexibility index (Phi) is 4.64. The Hall–Kier alpha value is -1.65. The third-order valence-corrected chi connectivity index (χ3v) is 2.82. The van der Waals surface area contributed by atoms with Gasteiger partial charge in [0.25, 0.3) is 5.91 Å². The normalized spacial score (nSPS) is 12.4. The lowest BCUT2D eigenvalue weighted by molar-refractivity contribution is 0.0929. The molecule has 0 bridgehead atoms. The van der Waals surface area contributed by atoms with Crippen LogP contribution < -0.4 is 10.1 Å². The van der Waals surface area contributed by atoms with Crippen molar-refractivity contribution in [3.05, 3.63) is 29.3 Å². The van der Waals surface area contributed by atoms with Gasteiger partial charge in [-0.1, -0.05) is 13.8 Å². The molecule has 3 nitrogen and oxygen atoms in total. The van der Waals surface area contributed by atoms with Crippen molar-refractivity contribution < 1.29 is 18.3 Å². The van der Waals surface area contributed by atoms with Crippen LogP contribution in [0.15, 0.2) is 12.1 Å². The van der Waals surface area contributed by atoms with E-state index in [2.05, 4.69) is 10.1 Å². The molecule has 0 unspecified atom stereocenters. The zero-order valence-corrected chi connectivity index (χ0v) is 10.9. The van der Waals surface area contributed by atoms with Gasteiger partial charge in [-0.3, -0.25) is 4.79 Å². The fourth-order valence-electron chi connectivity index (χ4n) is 1.34. The molecule has 1 aromatic carbocycles. The molecule has 0 aromatic heterocycles. The standard InChI is InChI=1S/C13H17F2NO2/c1-7(2)8(3)16-13(17)9-5-10(14)12(18-4)11(15)6-9/h5-8H,1-4H3,(H,16,17)/t8-/m0/s1. The number of carbonyl (C=O) groups is 1. The maximum absolute atomic E-state index is 13.4. The summed E-state index contributed by atoms with van der Waals surface area (Å²) in [6.07, 6.45) is 0. The van der Waals surface area contributed by atoms with Gasteiger partial charge in [-0.15, -0.1) is 0 Å². The van der Waals surface area contributed by atoms with Crippen LogP contribution in [0.2, 0.25) is 0 Å². The highest BCUT2D eigenvalue weighted by Gasteiger charge is 2.17. The van der Waals surface area contributed by atoms with Gasteiger partial charge in [0.05, 0.1) is 7.11 Å². The minimum absolute atomic E-state index is 0.0571. The number of amides is 1. The van der Waals surface area contributed by atoms with Gasteiger partial charge in [0, 0.05) is 11.6 Å². The molecular formula is C13H17F2NO2. The van der Waals surface area contributed by atoms with Crippen LogP contribution in [0.25, 0.3) is 0 Å². The van der Waals surface area contributed by atoms with Crippen molar-refractivity contribution in [2.45, 2.75) is 26.8 Å². The van der Waals surface area contributed by atoms with E-state index in [9.17, 15) is 13.6 Å². The molecule has 1 amide bonds. The summed E-state index contributed by atoms with van der Waals surface area (Å²) >= 11 is 0. The van der Waals surface area contributed by atoms with E-state index >= 15 is 0 Å². The van der Waals surface area contributed by atoms with Gasteiger partial charge in [-0.05, 0) is 25.0 Å². The summed E-state index contributed by atoms with van der Waals surface area (Å²) in [7, 11) is 1.17. The number of hydrogen-bond acceptors (Lipinski definition) is 2. The molecule has 0 fully saturated rings. The van der Waals surface area contributed by atoms with E-state index in [1.807, 2.05) is 20.8 Å². The molecule has 1 atom stereocenters. The van der Waals surface area contributed by atoms with E-state index < -0.39 is 23.3 Å². The van der Waals surface area contributed by atoms with Gasteiger partial charge in [-0.25, -0.2) is 8.78 Å². The Bertz CT molecular complexity index is 424. The molecule has 1 N–H and O–H groups in total. The molecule has 0 aliphatic carbocycles. The second kappa shape index (κ2) is 5.80. The SMILES string of the molecule is COc1c(F)cc(C(=O)N[C@@H](C)C(C)C)cc1F. The molecule has 0 aliphatic heterocycles. The summed E-state index contributed by atoms with van der Waals surface area (Å²) in [6, 6.07) is 1.85. The Morgan fingerprint density at radius 2 is 1.72 bits per heavy atom. The van der Waals surface area contributed by atoms with E-state index in [0.29, 0.717) is 0 Å². The van der Waals surface area contributed by atoms with E-state index in [1.165, 1.54) is 7.11 Å². The van der Waals surface area contributed by atoms with Gasteiger partial charge in [0.1, 0.15) is 0 Å². The minimum Gasteiger partial charge on any atom is -0.491 e. The van der Waals surface area contributed by atoms with Crippen LogP contribution in [0.3, 0.4) is 0 Å². The van der Waals surface area contributed by atoms with Crippen molar-refractivity contribution in [1.29, 1.82) is 0 Å². The van der Waals surface area contributed by atoms with Gasteiger partial charge in [0.15, 0.2) is 17.4 Å². The molecule has 5 heteroatoms. The first-order valence-electron chi connectivity index (χ1n) is 5.70. The number of nitrogens with one attached hydrogen (secondary N) is 1. The van der Waals surface area contributed by atoms with E-state index in [0.717, 1.165) is 12.1 Å². The Morgan fingerprint density at radius 3 is 2.11 bits per heavy atom. The Balaban J connectivity index is 2.94. The van der Waals surface area contributed by atoms with Crippen LogP contribution in [0, 0.1) is 17.6 Å². The number of hydrogen-bond donors (Lipinski definition) is 1. The summed E-state index contributed by atoms with van der Waals surface area (Å²) in [6.45, 7) is 5.72. The molecular weight excluding hydrogens is 240 g/mol. The number of benzene rings is 1. The molecule has 0 saturated heterocycles.